The van der Waals surface area contributed by atoms with E-state index in [0.717, 1.165) is 0 Å². The summed E-state index contributed by atoms with van der Waals surface area (Å²) in [6.45, 7) is 0. The minimum Gasteiger partial charge on any atom is -0.465 e. The van der Waals surface area contributed by atoms with E-state index in [1.807, 2.05) is 0 Å². The fourth-order valence-electron chi connectivity index (χ4n) is 2.77. The summed E-state index contributed by atoms with van der Waals surface area (Å²) in [4.78, 5) is 34.4. The number of carbonyl (C=O) groups excluding carboxylic acids is 2. The monoisotopic (exact) mass is 460 g/mol. The predicted octanol–water partition coefficient (Wildman–Crippen LogP) is 3.68. The molecule has 4 N–H and O–H groups in total. The normalized spacial score (nSPS) is 10.3. The number of hydrazine groups is 1. The number of nitrogens with two attached hydrogens (primary N) is 1. The summed E-state index contributed by atoms with van der Waals surface area (Å²) in [6.07, 6.45) is 1.27. The Bertz CT molecular complexity index is 1140. The Kier molecular flexibility index (Phi) is 6.78. The molecule has 0 atom stereocenters. The van der Waals surface area contributed by atoms with Gasteiger partial charge in [0.1, 0.15) is 12.0 Å². The van der Waals surface area contributed by atoms with Crippen LogP contribution in [0.1, 0.15) is 20.7 Å². The fourth-order valence-corrected chi connectivity index (χ4v) is 3.27. The van der Waals surface area contributed by atoms with E-state index in [1.165, 1.54) is 25.6 Å². The number of halogens is 2. The van der Waals surface area contributed by atoms with E-state index in [1.54, 1.807) is 42.3 Å². The van der Waals surface area contributed by atoms with Gasteiger partial charge in [-0.3, -0.25) is 15.6 Å². The lowest BCUT2D eigenvalue weighted by molar-refractivity contribution is 0.0601. The number of esters is 1. The molecule has 1 aromatic heterocycles. The largest absolute Gasteiger partial charge is 0.465 e. The van der Waals surface area contributed by atoms with E-state index in [9.17, 15) is 9.59 Å². The lowest BCUT2D eigenvalue weighted by Gasteiger charge is -2.23. The van der Waals surface area contributed by atoms with Gasteiger partial charge in [-0.2, -0.15) is 0 Å². The molecule has 0 unspecified atom stereocenters. The molecule has 0 aliphatic carbocycles. The lowest BCUT2D eigenvalue weighted by atomic mass is 10.1. The fraction of sp³-hybridized carbons (Fsp3) is 0.100. The van der Waals surface area contributed by atoms with Crippen LogP contribution in [-0.2, 0) is 4.74 Å². The first kappa shape index (κ1) is 22.1. The highest BCUT2D eigenvalue weighted by Crippen LogP contribution is 2.32. The van der Waals surface area contributed by atoms with E-state index in [4.69, 9.17) is 33.7 Å². The van der Waals surface area contributed by atoms with Crippen molar-refractivity contribution in [3.8, 4) is 0 Å². The maximum Gasteiger partial charge on any atom is 0.339 e. The van der Waals surface area contributed by atoms with Crippen molar-refractivity contribution in [3.63, 3.8) is 0 Å². The third-order valence-electron chi connectivity index (χ3n) is 4.32. The Morgan fingerprint density at radius 2 is 1.84 bits per heavy atom. The number of benzene rings is 2. The number of amides is 1. The Morgan fingerprint density at radius 1 is 1.10 bits per heavy atom. The van der Waals surface area contributed by atoms with Crippen molar-refractivity contribution in [1.29, 1.82) is 0 Å². The van der Waals surface area contributed by atoms with Crippen LogP contribution in [0.25, 0.3) is 0 Å². The SMILES string of the molecule is COC(=O)c1ccccc1N(C)c1ncnc(NNC(=O)c2ccc(Cl)cc2Cl)c1N. The first-order valence-electron chi connectivity index (χ1n) is 8.86. The van der Waals surface area contributed by atoms with Gasteiger partial charge in [-0.05, 0) is 30.3 Å². The molecule has 11 heteroatoms. The molecule has 1 amide bonds. The second kappa shape index (κ2) is 9.50. The van der Waals surface area contributed by atoms with Gasteiger partial charge < -0.3 is 15.4 Å². The number of ether oxygens (including phenoxy) is 1. The molecule has 2 aromatic carbocycles. The smallest absolute Gasteiger partial charge is 0.339 e. The van der Waals surface area contributed by atoms with Gasteiger partial charge in [0.15, 0.2) is 11.6 Å². The number of nitrogen functional groups attached to an aromatic ring is 1. The van der Waals surface area contributed by atoms with Crippen molar-refractivity contribution in [2.75, 3.05) is 30.2 Å². The third-order valence-corrected chi connectivity index (χ3v) is 4.87. The zero-order chi connectivity index (χ0) is 22.5. The molecular weight excluding hydrogens is 443 g/mol. The maximum absolute atomic E-state index is 12.4. The summed E-state index contributed by atoms with van der Waals surface area (Å²) in [6, 6.07) is 11.3. The summed E-state index contributed by atoms with van der Waals surface area (Å²) < 4.78 is 4.83. The molecule has 0 radical (unpaired) electrons. The molecule has 3 rings (SSSR count). The van der Waals surface area contributed by atoms with Crippen molar-refractivity contribution in [3.05, 3.63) is 70.0 Å². The molecule has 31 heavy (non-hydrogen) atoms. The summed E-state index contributed by atoms with van der Waals surface area (Å²) in [5, 5.41) is 0.608. The number of methoxy groups -OCH3 is 1. The average Bonchev–Trinajstić information content (AvgIpc) is 2.77. The number of para-hydroxylation sites is 1. The summed E-state index contributed by atoms with van der Waals surface area (Å²) >= 11 is 11.9. The molecule has 0 saturated heterocycles. The summed E-state index contributed by atoms with van der Waals surface area (Å²) in [5.41, 5.74) is 12.6. The number of rotatable bonds is 6. The number of nitrogens with zero attached hydrogens (tertiary/aromatic N) is 3. The zero-order valence-electron chi connectivity index (χ0n) is 16.5. The summed E-state index contributed by atoms with van der Waals surface area (Å²) in [7, 11) is 2.99. The Balaban J connectivity index is 1.84. The molecule has 0 bridgehead atoms. The standard InChI is InChI=1S/C20H18Cl2N6O3/c1-28(15-6-4-3-5-13(15)20(30)31-2)18-16(23)17(24-10-25-18)26-27-19(29)12-8-7-11(21)9-14(12)22/h3-10H,23H2,1-2H3,(H,27,29)(H,24,25,26). The second-order valence-corrected chi connectivity index (χ2v) is 7.07. The van der Waals surface area contributed by atoms with Gasteiger partial charge in [0.05, 0.1) is 28.9 Å². The van der Waals surface area contributed by atoms with E-state index < -0.39 is 11.9 Å². The minimum absolute atomic E-state index is 0.146. The molecule has 0 saturated carbocycles. The molecule has 9 nitrogen and oxygen atoms in total. The number of hydrogen-bond acceptors (Lipinski definition) is 8. The van der Waals surface area contributed by atoms with Crippen molar-refractivity contribution < 1.29 is 14.3 Å². The van der Waals surface area contributed by atoms with Gasteiger partial charge in [0.25, 0.3) is 5.91 Å². The van der Waals surface area contributed by atoms with Crippen molar-refractivity contribution in [2.45, 2.75) is 0 Å². The van der Waals surface area contributed by atoms with Gasteiger partial charge in [-0.25, -0.2) is 14.8 Å². The molecule has 160 valence electrons. The van der Waals surface area contributed by atoms with Crippen LogP contribution in [-0.4, -0.2) is 36.0 Å². The van der Waals surface area contributed by atoms with E-state index in [2.05, 4.69) is 20.8 Å². The zero-order valence-corrected chi connectivity index (χ0v) is 18.0. The van der Waals surface area contributed by atoms with E-state index in [0.29, 0.717) is 22.1 Å². The Hall–Kier alpha value is -3.56. The highest BCUT2D eigenvalue weighted by molar-refractivity contribution is 6.36. The van der Waals surface area contributed by atoms with Crippen LogP contribution in [0.2, 0.25) is 10.0 Å². The van der Waals surface area contributed by atoms with Crippen LogP contribution in [0.3, 0.4) is 0 Å². The van der Waals surface area contributed by atoms with Crippen LogP contribution in [0.15, 0.2) is 48.8 Å². The Morgan fingerprint density at radius 3 is 2.55 bits per heavy atom. The van der Waals surface area contributed by atoms with Crippen LogP contribution < -0.4 is 21.5 Å². The highest BCUT2D eigenvalue weighted by Gasteiger charge is 2.20. The van der Waals surface area contributed by atoms with Gasteiger partial charge in [0, 0.05) is 12.1 Å². The number of anilines is 4. The minimum atomic E-state index is -0.509. The third kappa shape index (κ3) is 4.79. The van der Waals surface area contributed by atoms with Gasteiger partial charge in [-0.15, -0.1) is 0 Å². The molecule has 1 heterocycles. The first-order chi connectivity index (χ1) is 14.8. The topological polar surface area (TPSA) is 122 Å². The van der Waals surface area contributed by atoms with Crippen LogP contribution in [0, 0.1) is 0 Å². The Labute approximate surface area is 188 Å². The quantitative estimate of drug-likeness (QED) is 0.376. The van der Waals surface area contributed by atoms with Gasteiger partial charge in [-0.1, -0.05) is 35.3 Å². The number of hydrogen-bond donors (Lipinski definition) is 3. The van der Waals surface area contributed by atoms with Gasteiger partial charge in [0.2, 0.25) is 0 Å². The molecule has 0 aliphatic rings. The second-order valence-electron chi connectivity index (χ2n) is 6.23. The lowest BCUT2D eigenvalue weighted by Crippen LogP contribution is -2.31. The van der Waals surface area contributed by atoms with E-state index >= 15 is 0 Å². The van der Waals surface area contributed by atoms with Crippen LogP contribution in [0.4, 0.5) is 23.0 Å². The first-order valence-corrected chi connectivity index (χ1v) is 9.62. The van der Waals surface area contributed by atoms with Crippen molar-refractivity contribution in [2.24, 2.45) is 0 Å². The highest BCUT2D eigenvalue weighted by atomic mass is 35.5. The maximum atomic E-state index is 12.4. The molecule has 0 spiro atoms. The van der Waals surface area contributed by atoms with Crippen LogP contribution in [0.5, 0.6) is 0 Å². The van der Waals surface area contributed by atoms with Crippen molar-refractivity contribution in [1.82, 2.24) is 15.4 Å². The number of carbonyl (C=O) groups is 2. The molecular formula is C20H18Cl2N6O3. The molecule has 0 aliphatic heterocycles. The predicted molar refractivity (Wildman–Crippen MR) is 120 cm³/mol. The number of aromatic nitrogens is 2. The molecule has 3 aromatic rings. The summed E-state index contributed by atoms with van der Waals surface area (Å²) in [5.74, 6) is -0.537. The number of nitrogens with one attached hydrogen (secondary N) is 2. The average molecular weight is 461 g/mol. The van der Waals surface area contributed by atoms with Crippen molar-refractivity contribution >= 4 is 58.1 Å². The van der Waals surface area contributed by atoms with Gasteiger partial charge >= 0.3 is 5.97 Å². The van der Waals surface area contributed by atoms with Crippen LogP contribution >= 0.6 is 23.2 Å². The van der Waals surface area contributed by atoms with E-state index in [-0.39, 0.29) is 22.1 Å². The molecule has 0 fully saturated rings.